The number of rotatable bonds is 5. The first-order chi connectivity index (χ1) is 9.06. The van der Waals surface area contributed by atoms with Gasteiger partial charge in [0.25, 0.3) is 0 Å². The monoisotopic (exact) mass is 281 g/mol. The van der Waals surface area contributed by atoms with E-state index < -0.39 is 12.0 Å². The molecule has 2 aromatic rings. The lowest BCUT2D eigenvalue weighted by Crippen LogP contribution is -2.33. The van der Waals surface area contributed by atoms with Crippen molar-refractivity contribution >= 4 is 17.6 Å². The second-order valence-electron chi connectivity index (χ2n) is 3.96. The summed E-state index contributed by atoms with van der Waals surface area (Å²) in [6.45, 7) is 1.74. The molecule has 1 aromatic carbocycles. The number of carboxylic acid groups (broad SMARTS) is 1. The molecule has 1 atom stereocenters. The zero-order chi connectivity index (χ0) is 13.8. The number of hydrogen-bond donors (Lipinski definition) is 2. The number of nitrogens with one attached hydrogen (secondary N) is 1. The Balaban J connectivity index is 2.03. The largest absolute Gasteiger partial charge is 0.480 e. The molecule has 7 heteroatoms. The number of carboxylic acids is 1. The molecule has 0 unspecified atom stereocenters. The van der Waals surface area contributed by atoms with Gasteiger partial charge in [-0.1, -0.05) is 16.8 Å². The minimum Gasteiger partial charge on any atom is -0.480 e. The molecular weight excluding hydrogens is 270 g/mol. The SMILES string of the molecule is C[C@@H](NCc1nc(-c2ccc(Cl)cc2)no1)C(=O)O. The van der Waals surface area contributed by atoms with Crippen LogP contribution >= 0.6 is 11.6 Å². The summed E-state index contributed by atoms with van der Waals surface area (Å²) in [6, 6.07) is 6.36. The summed E-state index contributed by atoms with van der Waals surface area (Å²) in [4.78, 5) is 14.8. The number of nitrogens with zero attached hydrogens (tertiary/aromatic N) is 2. The van der Waals surface area contributed by atoms with Crippen molar-refractivity contribution in [2.75, 3.05) is 0 Å². The van der Waals surface area contributed by atoms with Crippen LogP contribution in [0.4, 0.5) is 0 Å². The number of carbonyl (C=O) groups is 1. The molecule has 0 aliphatic rings. The molecule has 6 nitrogen and oxygen atoms in total. The number of benzene rings is 1. The Kier molecular flexibility index (Phi) is 4.13. The molecule has 100 valence electrons. The highest BCUT2D eigenvalue weighted by Crippen LogP contribution is 2.18. The molecule has 2 rings (SSSR count). The normalized spacial score (nSPS) is 12.3. The summed E-state index contributed by atoms with van der Waals surface area (Å²) in [7, 11) is 0. The molecule has 0 amide bonds. The van der Waals surface area contributed by atoms with E-state index in [-0.39, 0.29) is 6.54 Å². The molecule has 1 aromatic heterocycles. The number of halogens is 1. The van der Waals surface area contributed by atoms with Crippen LogP contribution in [0.25, 0.3) is 11.4 Å². The van der Waals surface area contributed by atoms with Gasteiger partial charge in [0.1, 0.15) is 6.04 Å². The molecule has 2 N–H and O–H groups in total. The van der Waals surface area contributed by atoms with Crippen molar-refractivity contribution in [2.24, 2.45) is 0 Å². The number of aliphatic carboxylic acids is 1. The summed E-state index contributed by atoms with van der Waals surface area (Å²) >= 11 is 5.79. The molecule has 0 spiro atoms. The van der Waals surface area contributed by atoms with Crippen LogP contribution in [0.1, 0.15) is 12.8 Å². The molecular formula is C12H12ClN3O3. The van der Waals surface area contributed by atoms with Gasteiger partial charge in [-0.3, -0.25) is 10.1 Å². The third-order valence-electron chi connectivity index (χ3n) is 2.50. The lowest BCUT2D eigenvalue weighted by atomic mass is 10.2. The molecule has 0 radical (unpaired) electrons. The van der Waals surface area contributed by atoms with Gasteiger partial charge < -0.3 is 9.63 Å². The quantitative estimate of drug-likeness (QED) is 0.871. The van der Waals surface area contributed by atoms with Crippen molar-refractivity contribution in [3.8, 4) is 11.4 Å². The van der Waals surface area contributed by atoms with Crippen LogP contribution in [0.15, 0.2) is 28.8 Å². The van der Waals surface area contributed by atoms with Gasteiger partial charge in [-0.2, -0.15) is 4.98 Å². The van der Waals surface area contributed by atoms with Crippen LogP contribution < -0.4 is 5.32 Å². The fraction of sp³-hybridized carbons (Fsp3) is 0.250. The van der Waals surface area contributed by atoms with Gasteiger partial charge >= 0.3 is 5.97 Å². The van der Waals surface area contributed by atoms with Gasteiger partial charge in [-0.15, -0.1) is 0 Å². The summed E-state index contributed by atoms with van der Waals surface area (Å²) in [5, 5.41) is 15.9. The van der Waals surface area contributed by atoms with Crippen molar-refractivity contribution < 1.29 is 14.4 Å². The van der Waals surface area contributed by atoms with Gasteiger partial charge in [-0.25, -0.2) is 0 Å². The van der Waals surface area contributed by atoms with Gasteiger partial charge in [0.2, 0.25) is 11.7 Å². The summed E-state index contributed by atoms with van der Waals surface area (Å²) < 4.78 is 5.03. The van der Waals surface area contributed by atoms with Crippen molar-refractivity contribution in [3.63, 3.8) is 0 Å². The van der Waals surface area contributed by atoms with Gasteiger partial charge in [0.15, 0.2) is 0 Å². The minimum atomic E-state index is -0.933. The smallest absolute Gasteiger partial charge is 0.320 e. The fourth-order valence-electron chi connectivity index (χ4n) is 1.37. The third-order valence-corrected chi connectivity index (χ3v) is 2.75. The van der Waals surface area contributed by atoms with Crippen LogP contribution in [0.3, 0.4) is 0 Å². The molecule has 1 heterocycles. The molecule has 0 bridgehead atoms. The summed E-state index contributed by atoms with van der Waals surface area (Å²) in [6.07, 6.45) is 0. The van der Waals surface area contributed by atoms with Crippen LogP contribution in [0.2, 0.25) is 5.02 Å². The van der Waals surface area contributed by atoms with Gasteiger partial charge in [-0.05, 0) is 31.2 Å². The molecule has 0 saturated heterocycles. The molecule has 0 saturated carbocycles. The van der Waals surface area contributed by atoms with E-state index >= 15 is 0 Å². The maximum absolute atomic E-state index is 10.6. The average Bonchev–Trinajstić information content (AvgIpc) is 2.85. The van der Waals surface area contributed by atoms with Crippen molar-refractivity contribution in [2.45, 2.75) is 19.5 Å². The van der Waals surface area contributed by atoms with E-state index in [0.717, 1.165) is 5.56 Å². The highest BCUT2D eigenvalue weighted by Gasteiger charge is 2.13. The highest BCUT2D eigenvalue weighted by molar-refractivity contribution is 6.30. The van der Waals surface area contributed by atoms with Crippen LogP contribution in [0, 0.1) is 0 Å². The topological polar surface area (TPSA) is 88.3 Å². The first-order valence-electron chi connectivity index (χ1n) is 5.61. The maximum Gasteiger partial charge on any atom is 0.320 e. The van der Waals surface area contributed by atoms with E-state index in [1.54, 1.807) is 31.2 Å². The Labute approximate surface area is 114 Å². The Bertz CT molecular complexity index is 568. The van der Waals surface area contributed by atoms with E-state index in [1.807, 2.05) is 0 Å². The Morgan fingerprint density at radius 2 is 2.16 bits per heavy atom. The Hall–Kier alpha value is -1.92. The standard InChI is InChI=1S/C12H12ClN3O3/c1-7(12(17)18)14-6-10-15-11(16-19-10)8-2-4-9(13)5-3-8/h2-5,7,14H,6H2,1H3,(H,17,18)/t7-/m1/s1. The van der Waals surface area contributed by atoms with Crippen LogP contribution in [-0.2, 0) is 11.3 Å². The van der Waals surface area contributed by atoms with E-state index in [2.05, 4.69) is 15.5 Å². The zero-order valence-electron chi connectivity index (χ0n) is 10.1. The number of aromatic nitrogens is 2. The van der Waals surface area contributed by atoms with Crippen molar-refractivity contribution in [3.05, 3.63) is 35.2 Å². The van der Waals surface area contributed by atoms with Crippen molar-refractivity contribution in [1.29, 1.82) is 0 Å². The first-order valence-corrected chi connectivity index (χ1v) is 5.99. The number of hydrogen-bond acceptors (Lipinski definition) is 5. The van der Waals surface area contributed by atoms with Crippen LogP contribution in [-0.4, -0.2) is 27.3 Å². The predicted molar refractivity (Wildman–Crippen MR) is 68.7 cm³/mol. The van der Waals surface area contributed by atoms with Gasteiger partial charge in [0.05, 0.1) is 6.54 Å². The second kappa shape index (κ2) is 5.81. The highest BCUT2D eigenvalue weighted by atomic mass is 35.5. The lowest BCUT2D eigenvalue weighted by Gasteiger charge is -2.05. The predicted octanol–water partition coefficient (Wildman–Crippen LogP) is 1.95. The lowest BCUT2D eigenvalue weighted by molar-refractivity contribution is -0.139. The second-order valence-corrected chi connectivity index (χ2v) is 4.40. The van der Waals surface area contributed by atoms with Gasteiger partial charge in [0, 0.05) is 10.6 Å². The van der Waals surface area contributed by atoms with E-state index in [1.165, 1.54) is 0 Å². The summed E-state index contributed by atoms with van der Waals surface area (Å²) in [5.74, 6) is -0.160. The Morgan fingerprint density at radius 3 is 2.79 bits per heavy atom. The summed E-state index contributed by atoms with van der Waals surface area (Å²) in [5.41, 5.74) is 0.783. The van der Waals surface area contributed by atoms with Crippen LogP contribution in [0.5, 0.6) is 0 Å². The average molecular weight is 282 g/mol. The third kappa shape index (κ3) is 3.52. The molecule has 19 heavy (non-hydrogen) atoms. The van der Waals surface area contributed by atoms with Crippen molar-refractivity contribution in [1.82, 2.24) is 15.5 Å². The van der Waals surface area contributed by atoms with E-state index in [4.69, 9.17) is 21.2 Å². The molecule has 0 fully saturated rings. The zero-order valence-corrected chi connectivity index (χ0v) is 10.9. The molecule has 0 aliphatic heterocycles. The molecule has 0 aliphatic carbocycles. The first kappa shape index (κ1) is 13.5. The van der Waals surface area contributed by atoms with E-state index in [0.29, 0.717) is 16.7 Å². The maximum atomic E-state index is 10.6. The van der Waals surface area contributed by atoms with E-state index in [9.17, 15) is 4.79 Å². The minimum absolute atomic E-state index is 0.202. The Morgan fingerprint density at radius 1 is 1.47 bits per heavy atom. The fourth-order valence-corrected chi connectivity index (χ4v) is 1.50.